The van der Waals surface area contributed by atoms with Crippen molar-refractivity contribution in [1.82, 2.24) is 0 Å². The lowest BCUT2D eigenvalue weighted by Crippen LogP contribution is -1.99. The highest BCUT2D eigenvalue weighted by Crippen LogP contribution is 2.23. The summed E-state index contributed by atoms with van der Waals surface area (Å²) in [6, 6.07) is 15.3. The molecule has 2 nitrogen and oxygen atoms in total. The number of nitrogens with one attached hydrogen (secondary N) is 1. The number of benzene rings is 2. The first-order chi connectivity index (χ1) is 8.16. The smallest absolute Gasteiger partial charge is 0.161 e. The minimum absolute atomic E-state index is 0.0584. The summed E-state index contributed by atoms with van der Waals surface area (Å²) in [5.41, 5.74) is 2.48. The Hall–Kier alpha value is -1.61. The van der Waals surface area contributed by atoms with Crippen LogP contribution >= 0.6 is 15.9 Å². The van der Waals surface area contributed by atoms with Gasteiger partial charge in [-0.05, 0) is 37.3 Å². The van der Waals surface area contributed by atoms with Crippen LogP contribution in [0.3, 0.4) is 0 Å². The van der Waals surface area contributed by atoms with Gasteiger partial charge in [0.05, 0.1) is 0 Å². The van der Waals surface area contributed by atoms with E-state index in [1.165, 1.54) is 0 Å². The van der Waals surface area contributed by atoms with Gasteiger partial charge in [0.2, 0.25) is 0 Å². The number of hydrogen-bond donors (Lipinski definition) is 1. The SMILES string of the molecule is CC(=O)c1ccccc1Nc1cccc(Br)c1. The molecule has 0 fully saturated rings. The molecule has 0 heterocycles. The van der Waals surface area contributed by atoms with Crippen LogP contribution in [0.2, 0.25) is 0 Å². The maximum atomic E-state index is 11.5. The molecule has 0 atom stereocenters. The van der Waals surface area contributed by atoms with Crippen LogP contribution in [0.1, 0.15) is 17.3 Å². The molecule has 0 amide bonds. The van der Waals surface area contributed by atoms with Crippen LogP contribution in [-0.2, 0) is 0 Å². The Morgan fingerprint density at radius 3 is 2.59 bits per heavy atom. The molecule has 3 heteroatoms. The molecule has 0 unspecified atom stereocenters. The number of anilines is 2. The summed E-state index contributed by atoms with van der Waals surface area (Å²) in [7, 11) is 0. The van der Waals surface area contributed by atoms with Gasteiger partial charge < -0.3 is 5.32 Å². The molecular formula is C14H12BrNO. The van der Waals surface area contributed by atoms with Crippen molar-refractivity contribution in [2.24, 2.45) is 0 Å². The second-order valence-electron chi connectivity index (χ2n) is 3.74. The number of carbonyl (C=O) groups is 1. The van der Waals surface area contributed by atoms with E-state index in [9.17, 15) is 4.79 Å². The minimum atomic E-state index is 0.0584. The first-order valence-electron chi connectivity index (χ1n) is 5.29. The average molecular weight is 290 g/mol. The van der Waals surface area contributed by atoms with Gasteiger partial charge in [-0.1, -0.05) is 34.1 Å². The third-order valence-corrected chi connectivity index (χ3v) is 2.90. The van der Waals surface area contributed by atoms with E-state index in [0.717, 1.165) is 15.8 Å². The van der Waals surface area contributed by atoms with Crippen LogP contribution < -0.4 is 5.32 Å². The molecule has 0 aliphatic rings. The van der Waals surface area contributed by atoms with Gasteiger partial charge in [0.15, 0.2) is 5.78 Å². The fourth-order valence-electron chi connectivity index (χ4n) is 1.62. The van der Waals surface area contributed by atoms with Crippen LogP contribution in [0.5, 0.6) is 0 Å². The van der Waals surface area contributed by atoms with Crippen molar-refractivity contribution >= 4 is 33.1 Å². The molecule has 17 heavy (non-hydrogen) atoms. The summed E-state index contributed by atoms with van der Waals surface area (Å²) in [6.07, 6.45) is 0. The van der Waals surface area contributed by atoms with Crippen LogP contribution in [-0.4, -0.2) is 5.78 Å². The molecule has 0 spiro atoms. The molecule has 0 saturated carbocycles. The van der Waals surface area contributed by atoms with Crippen molar-refractivity contribution in [2.45, 2.75) is 6.92 Å². The molecule has 2 rings (SSSR count). The van der Waals surface area contributed by atoms with Crippen LogP contribution in [0, 0.1) is 0 Å². The maximum Gasteiger partial charge on any atom is 0.161 e. The van der Waals surface area contributed by atoms with Gasteiger partial charge >= 0.3 is 0 Å². The summed E-state index contributed by atoms with van der Waals surface area (Å²) >= 11 is 3.42. The molecule has 0 aliphatic heterocycles. The van der Waals surface area contributed by atoms with Crippen molar-refractivity contribution < 1.29 is 4.79 Å². The Labute approximate surface area is 109 Å². The van der Waals surface area contributed by atoms with Gasteiger partial charge in [-0.3, -0.25) is 4.79 Å². The lowest BCUT2D eigenvalue weighted by Gasteiger charge is -2.10. The standard InChI is InChI=1S/C14H12BrNO/c1-10(17)13-7-2-3-8-14(13)16-12-6-4-5-11(15)9-12/h2-9,16H,1H3. The highest BCUT2D eigenvalue weighted by Gasteiger charge is 2.06. The lowest BCUT2D eigenvalue weighted by molar-refractivity contribution is 0.101. The Kier molecular flexibility index (Phi) is 3.59. The van der Waals surface area contributed by atoms with E-state index in [-0.39, 0.29) is 5.78 Å². The summed E-state index contributed by atoms with van der Waals surface area (Å²) in [5.74, 6) is 0.0584. The monoisotopic (exact) mass is 289 g/mol. The van der Waals surface area contributed by atoms with Crippen molar-refractivity contribution in [3.05, 3.63) is 58.6 Å². The van der Waals surface area contributed by atoms with Crippen molar-refractivity contribution in [3.63, 3.8) is 0 Å². The highest BCUT2D eigenvalue weighted by molar-refractivity contribution is 9.10. The molecule has 0 radical (unpaired) electrons. The van der Waals surface area contributed by atoms with Gasteiger partial charge in [-0.2, -0.15) is 0 Å². The van der Waals surface area contributed by atoms with E-state index in [4.69, 9.17) is 0 Å². The van der Waals surface area contributed by atoms with Crippen molar-refractivity contribution in [3.8, 4) is 0 Å². The quantitative estimate of drug-likeness (QED) is 0.849. The number of halogens is 1. The molecule has 0 aliphatic carbocycles. The third-order valence-electron chi connectivity index (χ3n) is 2.41. The summed E-state index contributed by atoms with van der Waals surface area (Å²) in [5, 5.41) is 3.24. The topological polar surface area (TPSA) is 29.1 Å². The predicted octanol–water partition coefficient (Wildman–Crippen LogP) is 4.40. The van der Waals surface area contributed by atoms with Gasteiger partial charge in [-0.15, -0.1) is 0 Å². The number of ketones is 1. The van der Waals surface area contributed by atoms with Gasteiger partial charge in [-0.25, -0.2) is 0 Å². The number of para-hydroxylation sites is 1. The van der Waals surface area contributed by atoms with Crippen molar-refractivity contribution in [2.75, 3.05) is 5.32 Å². The van der Waals surface area contributed by atoms with Crippen LogP contribution in [0.25, 0.3) is 0 Å². The van der Waals surface area contributed by atoms with E-state index in [1.807, 2.05) is 48.5 Å². The molecule has 0 bridgehead atoms. The zero-order valence-electron chi connectivity index (χ0n) is 9.41. The van der Waals surface area contributed by atoms with E-state index in [0.29, 0.717) is 5.56 Å². The zero-order valence-corrected chi connectivity index (χ0v) is 11.0. The van der Waals surface area contributed by atoms with Gasteiger partial charge in [0.1, 0.15) is 0 Å². The molecular weight excluding hydrogens is 278 g/mol. The Morgan fingerprint density at radius 2 is 1.88 bits per heavy atom. The van der Waals surface area contributed by atoms with Crippen LogP contribution in [0.4, 0.5) is 11.4 Å². The normalized spacial score (nSPS) is 10.0. The Balaban J connectivity index is 2.33. The van der Waals surface area contributed by atoms with Crippen LogP contribution in [0.15, 0.2) is 53.0 Å². The third kappa shape index (κ3) is 2.94. The molecule has 2 aromatic carbocycles. The molecule has 0 aromatic heterocycles. The number of rotatable bonds is 3. The molecule has 0 saturated heterocycles. The average Bonchev–Trinajstić information content (AvgIpc) is 2.29. The Morgan fingerprint density at radius 1 is 1.12 bits per heavy atom. The fourth-order valence-corrected chi connectivity index (χ4v) is 2.02. The van der Waals surface area contributed by atoms with Gasteiger partial charge in [0, 0.05) is 21.4 Å². The Bertz CT molecular complexity index is 551. The van der Waals surface area contributed by atoms with Crippen molar-refractivity contribution in [1.29, 1.82) is 0 Å². The largest absolute Gasteiger partial charge is 0.355 e. The fraction of sp³-hybridized carbons (Fsp3) is 0.0714. The van der Waals surface area contributed by atoms with Gasteiger partial charge in [0.25, 0.3) is 0 Å². The summed E-state index contributed by atoms with van der Waals surface area (Å²) in [4.78, 5) is 11.5. The van der Waals surface area contributed by atoms with E-state index in [2.05, 4.69) is 21.2 Å². The number of hydrogen-bond acceptors (Lipinski definition) is 2. The minimum Gasteiger partial charge on any atom is -0.355 e. The predicted molar refractivity (Wildman–Crippen MR) is 73.9 cm³/mol. The molecule has 86 valence electrons. The second kappa shape index (κ2) is 5.15. The first-order valence-corrected chi connectivity index (χ1v) is 6.08. The number of Topliss-reactive ketones (excluding diaryl/α,β-unsaturated/α-hetero) is 1. The molecule has 2 aromatic rings. The zero-order chi connectivity index (χ0) is 12.3. The first kappa shape index (κ1) is 11.9. The molecule has 1 N–H and O–H groups in total. The number of carbonyl (C=O) groups excluding carboxylic acids is 1. The second-order valence-corrected chi connectivity index (χ2v) is 4.65. The lowest BCUT2D eigenvalue weighted by atomic mass is 10.1. The highest BCUT2D eigenvalue weighted by atomic mass is 79.9. The summed E-state index contributed by atoms with van der Waals surface area (Å²) < 4.78 is 1.00. The van der Waals surface area contributed by atoms with E-state index < -0.39 is 0 Å². The van der Waals surface area contributed by atoms with E-state index in [1.54, 1.807) is 6.92 Å². The van der Waals surface area contributed by atoms with E-state index >= 15 is 0 Å². The maximum absolute atomic E-state index is 11.5. The summed E-state index contributed by atoms with van der Waals surface area (Å²) in [6.45, 7) is 1.57.